The Balaban J connectivity index is 2.07. The minimum absolute atomic E-state index is 0.0792. The Morgan fingerprint density at radius 2 is 2.09 bits per heavy atom. The van der Waals surface area contributed by atoms with Crippen molar-refractivity contribution in [2.75, 3.05) is 12.5 Å². The summed E-state index contributed by atoms with van der Waals surface area (Å²) in [5.74, 6) is -1.35. The highest BCUT2D eigenvalue weighted by atomic mass is 35.5. The summed E-state index contributed by atoms with van der Waals surface area (Å²) in [5.41, 5.74) is 3.85. The number of nitrogens with zero attached hydrogens (tertiary/aromatic N) is 1. The number of benzene rings is 1. The Hall–Kier alpha value is -2.80. The predicted octanol–water partition coefficient (Wildman–Crippen LogP) is 2.77. The van der Waals surface area contributed by atoms with E-state index >= 15 is 0 Å². The maximum atomic E-state index is 12.1. The van der Waals surface area contributed by atoms with E-state index in [0.29, 0.717) is 5.69 Å². The number of para-hydroxylation sites is 1. The Kier molecular flexibility index (Phi) is 5.76. The largest absolute Gasteiger partial charge is 0.472 e. The van der Waals surface area contributed by atoms with Crippen molar-refractivity contribution in [3.8, 4) is 0 Å². The van der Waals surface area contributed by atoms with Crippen LogP contribution in [0.4, 0.5) is 5.69 Å². The summed E-state index contributed by atoms with van der Waals surface area (Å²) in [7, 11) is 1.18. The number of carbonyl (C=O) groups is 2. The van der Waals surface area contributed by atoms with E-state index in [-0.39, 0.29) is 12.2 Å². The average Bonchev–Trinajstić information content (AvgIpc) is 3.10. The predicted molar refractivity (Wildman–Crippen MR) is 83.2 cm³/mol. The number of methoxy groups -OCH3 is 1. The minimum atomic E-state index is -0.792. The summed E-state index contributed by atoms with van der Waals surface area (Å²) in [4.78, 5) is 23.3. The molecule has 120 valence electrons. The number of ether oxygens (including phenoxy) is 2. The van der Waals surface area contributed by atoms with Gasteiger partial charge in [0.25, 0.3) is 0 Å². The monoisotopic (exact) mass is 336 g/mol. The molecule has 0 radical (unpaired) electrons. The van der Waals surface area contributed by atoms with Gasteiger partial charge in [0.2, 0.25) is 5.17 Å². The van der Waals surface area contributed by atoms with E-state index in [1.165, 1.54) is 19.6 Å². The van der Waals surface area contributed by atoms with Gasteiger partial charge in [-0.3, -0.25) is 5.43 Å². The van der Waals surface area contributed by atoms with Crippen LogP contribution in [-0.2, 0) is 20.9 Å². The van der Waals surface area contributed by atoms with Crippen molar-refractivity contribution < 1.29 is 23.5 Å². The standard InChI is InChI=1S/C15H13ClN2O5/c1-21-15(20)13(16)18-17-12-5-3-2-4-11(12)14(19)23-9-10-6-7-22-8-10/h2-8,17H,9H2,1H3/b18-13-. The summed E-state index contributed by atoms with van der Waals surface area (Å²) in [5, 5.41) is 3.26. The van der Waals surface area contributed by atoms with Gasteiger partial charge in [-0.05, 0) is 18.2 Å². The van der Waals surface area contributed by atoms with Gasteiger partial charge in [0.05, 0.1) is 30.9 Å². The fraction of sp³-hybridized carbons (Fsp3) is 0.133. The van der Waals surface area contributed by atoms with Gasteiger partial charge < -0.3 is 13.9 Å². The lowest BCUT2D eigenvalue weighted by atomic mass is 10.2. The minimum Gasteiger partial charge on any atom is -0.472 e. The summed E-state index contributed by atoms with van der Waals surface area (Å²) in [6.45, 7) is 0.0792. The van der Waals surface area contributed by atoms with E-state index < -0.39 is 17.1 Å². The van der Waals surface area contributed by atoms with Gasteiger partial charge in [0.15, 0.2) is 0 Å². The smallest absolute Gasteiger partial charge is 0.370 e. The molecule has 0 amide bonds. The number of hydrazone groups is 1. The molecule has 0 aliphatic carbocycles. The SMILES string of the molecule is COC(=O)/C(Cl)=N/Nc1ccccc1C(=O)OCc1ccoc1. The summed E-state index contributed by atoms with van der Waals surface area (Å²) < 4.78 is 14.5. The van der Waals surface area contributed by atoms with Crippen molar-refractivity contribution in [2.45, 2.75) is 6.61 Å². The van der Waals surface area contributed by atoms with Crippen LogP contribution in [0.1, 0.15) is 15.9 Å². The molecule has 8 heteroatoms. The lowest BCUT2D eigenvalue weighted by Crippen LogP contribution is -2.12. The van der Waals surface area contributed by atoms with E-state index in [1.54, 1.807) is 30.3 Å². The molecule has 7 nitrogen and oxygen atoms in total. The van der Waals surface area contributed by atoms with Gasteiger partial charge in [-0.2, -0.15) is 5.10 Å². The van der Waals surface area contributed by atoms with Crippen molar-refractivity contribution in [1.29, 1.82) is 0 Å². The molecule has 1 heterocycles. The normalized spacial score (nSPS) is 11.0. The third kappa shape index (κ3) is 4.58. The second-order valence-electron chi connectivity index (χ2n) is 4.26. The Bertz CT molecular complexity index is 712. The molecule has 1 aromatic carbocycles. The first-order valence-electron chi connectivity index (χ1n) is 6.46. The third-order valence-corrected chi connectivity index (χ3v) is 2.96. The molecule has 0 aliphatic heterocycles. The molecule has 0 bridgehead atoms. The first-order chi connectivity index (χ1) is 11.1. The number of halogens is 1. The zero-order valence-corrected chi connectivity index (χ0v) is 12.9. The molecule has 0 aliphatic rings. The number of esters is 2. The second-order valence-corrected chi connectivity index (χ2v) is 4.62. The summed E-state index contributed by atoms with van der Waals surface area (Å²) in [6, 6.07) is 8.21. The number of hydrogen-bond donors (Lipinski definition) is 1. The summed E-state index contributed by atoms with van der Waals surface area (Å²) >= 11 is 5.63. The van der Waals surface area contributed by atoms with Gasteiger partial charge >= 0.3 is 11.9 Å². The molecule has 0 saturated carbocycles. The van der Waals surface area contributed by atoms with E-state index in [0.717, 1.165) is 5.56 Å². The van der Waals surface area contributed by atoms with Crippen LogP contribution in [-0.4, -0.2) is 24.2 Å². The quantitative estimate of drug-likeness (QED) is 0.495. The molecule has 2 aromatic rings. The summed E-state index contributed by atoms with van der Waals surface area (Å²) in [6.07, 6.45) is 2.97. The zero-order chi connectivity index (χ0) is 16.7. The van der Waals surface area contributed by atoms with Crippen molar-refractivity contribution in [1.82, 2.24) is 0 Å². The second kappa shape index (κ2) is 8.00. The fourth-order valence-corrected chi connectivity index (χ4v) is 1.72. The van der Waals surface area contributed by atoms with E-state index in [9.17, 15) is 9.59 Å². The van der Waals surface area contributed by atoms with Crippen LogP contribution in [0, 0.1) is 0 Å². The Morgan fingerprint density at radius 1 is 1.30 bits per heavy atom. The first kappa shape index (κ1) is 16.6. The van der Waals surface area contributed by atoms with Gasteiger partial charge in [-0.25, -0.2) is 9.59 Å². The number of anilines is 1. The Morgan fingerprint density at radius 3 is 2.78 bits per heavy atom. The maximum Gasteiger partial charge on any atom is 0.370 e. The highest BCUT2D eigenvalue weighted by Crippen LogP contribution is 2.17. The van der Waals surface area contributed by atoms with E-state index in [4.69, 9.17) is 20.8 Å². The van der Waals surface area contributed by atoms with Gasteiger partial charge in [0.1, 0.15) is 6.61 Å². The van der Waals surface area contributed by atoms with Crippen LogP contribution in [0.15, 0.2) is 52.4 Å². The fourth-order valence-electron chi connectivity index (χ4n) is 1.60. The number of furan rings is 1. The first-order valence-corrected chi connectivity index (χ1v) is 6.84. The van der Waals surface area contributed by atoms with Crippen molar-refractivity contribution >= 4 is 34.4 Å². The van der Waals surface area contributed by atoms with Gasteiger partial charge in [-0.1, -0.05) is 23.7 Å². The molecule has 1 aromatic heterocycles. The van der Waals surface area contributed by atoms with Crippen molar-refractivity contribution in [2.24, 2.45) is 5.10 Å². The van der Waals surface area contributed by atoms with Crippen LogP contribution in [0.3, 0.4) is 0 Å². The Labute approximate surface area is 136 Å². The van der Waals surface area contributed by atoms with Crippen LogP contribution in [0.5, 0.6) is 0 Å². The molecule has 1 N–H and O–H groups in total. The molecule has 2 rings (SSSR count). The van der Waals surface area contributed by atoms with Crippen molar-refractivity contribution in [3.63, 3.8) is 0 Å². The molecular formula is C15H13ClN2O5. The molecule has 0 unspecified atom stereocenters. The molecule has 0 atom stereocenters. The highest BCUT2D eigenvalue weighted by molar-refractivity contribution is 6.82. The molecule has 0 spiro atoms. The van der Waals surface area contributed by atoms with Crippen LogP contribution >= 0.6 is 11.6 Å². The van der Waals surface area contributed by atoms with Crippen LogP contribution in [0.25, 0.3) is 0 Å². The molecule has 23 heavy (non-hydrogen) atoms. The number of carbonyl (C=O) groups excluding carboxylic acids is 2. The number of rotatable bonds is 6. The third-order valence-electron chi connectivity index (χ3n) is 2.73. The van der Waals surface area contributed by atoms with Crippen LogP contribution < -0.4 is 5.43 Å². The number of hydrogen-bond acceptors (Lipinski definition) is 7. The van der Waals surface area contributed by atoms with Gasteiger partial charge in [0, 0.05) is 5.56 Å². The molecular weight excluding hydrogens is 324 g/mol. The van der Waals surface area contributed by atoms with Gasteiger partial charge in [-0.15, -0.1) is 0 Å². The van der Waals surface area contributed by atoms with Crippen LogP contribution in [0.2, 0.25) is 0 Å². The molecule has 0 fully saturated rings. The lowest BCUT2D eigenvalue weighted by Gasteiger charge is -2.08. The van der Waals surface area contributed by atoms with E-state index in [1.807, 2.05) is 0 Å². The maximum absolute atomic E-state index is 12.1. The zero-order valence-electron chi connectivity index (χ0n) is 12.1. The number of nitrogens with one attached hydrogen (secondary N) is 1. The lowest BCUT2D eigenvalue weighted by molar-refractivity contribution is -0.132. The molecule has 0 saturated heterocycles. The highest BCUT2D eigenvalue weighted by Gasteiger charge is 2.14. The van der Waals surface area contributed by atoms with Crippen molar-refractivity contribution in [3.05, 3.63) is 54.0 Å². The van der Waals surface area contributed by atoms with E-state index in [2.05, 4.69) is 15.3 Å². The topological polar surface area (TPSA) is 90.1 Å². The average molecular weight is 337 g/mol.